The summed E-state index contributed by atoms with van der Waals surface area (Å²) in [6, 6.07) is 12.5. The van der Waals surface area contributed by atoms with Gasteiger partial charge in [-0.25, -0.2) is 0 Å². The Morgan fingerprint density at radius 2 is 2.00 bits per heavy atom. The summed E-state index contributed by atoms with van der Waals surface area (Å²) in [5, 5.41) is 3.44. The number of rotatable bonds is 3. The molecule has 0 aromatic heterocycles. The molecule has 1 heterocycles. The van der Waals surface area contributed by atoms with Crippen LogP contribution in [0.5, 0.6) is 11.5 Å². The van der Waals surface area contributed by atoms with Crippen molar-refractivity contribution in [3.63, 3.8) is 0 Å². The molecule has 0 saturated heterocycles. The van der Waals surface area contributed by atoms with Crippen molar-refractivity contribution in [3.8, 4) is 11.5 Å². The molecule has 0 spiro atoms. The Bertz CT molecular complexity index is 738. The van der Waals surface area contributed by atoms with Gasteiger partial charge in [-0.05, 0) is 48.5 Å². The molecule has 2 aromatic carbocycles. The number of nitrogens with one attached hydrogen (secondary N) is 1. The first-order valence-electron chi connectivity index (χ1n) is 6.74. The fourth-order valence-electron chi connectivity index (χ4n) is 2.17. The molecule has 22 heavy (non-hydrogen) atoms. The third-order valence-corrected chi connectivity index (χ3v) is 3.56. The van der Waals surface area contributed by atoms with E-state index in [1.54, 1.807) is 55.7 Å². The SMILES string of the molecule is COc1ccc(NC(=O)C2=Cc3cc(Cl)ccc3OC2)cc1. The van der Waals surface area contributed by atoms with Gasteiger partial charge in [0.1, 0.15) is 18.1 Å². The first-order valence-corrected chi connectivity index (χ1v) is 7.12. The molecule has 112 valence electrons. The number of anilines is 1. The number of hydrogen-bond donors (Lipinski definition) is 1. The highest BCUT2D eigenvalue weighted by Gasteiger charge is 2.17. The number of fused-ring (bicyclic) bond motifs is 1. The normalized spacial score (nSPS) is 12.7. The molecule has 0 saturated carbocycles. The van der Waals surface area contributed by atoms with Crippen molar-refractivity contribution in [1.82, 2.24) is 0 Å². The van der Waals surface area contributed by atoms with Gasteiger partial charge in [0.15, 0.2) is 0 Å². The van der Waals surface area contributed by atoms with Crippen LogP contribution < -0.4 is 14.8 Å². The molecule has 0 atom stereocenters. The minimum atomic E-state index is -0.198. The lowest BCUT2D eigenvalue weighted by atomic mass is 10.1. The third-order valence-electron chi connectivity index (χ3n) is 3.32. The third kappa shape index (κ3) is 3.07. The zero-order chi connectivity index (χ0) is 15.5. The van der Waals surface area contributed by atoms with Crippen molar-refractivity contribution < 1.29 is 14.3 Å². The highest BCUT2D eigenvalue weighted by Crippen LogP contribution is 2.29. The molecule has 0 unspecified atom stereocenters. The maximum absolute atomic E-state index is 12.3. The number of carbonyl (C=O) groups is 1. The highest BCUT2D eigenvalue weighted by molar-refractivity contribution is 6.30. The van der Waals surface area contributed by atoms with E-state index in [4.69, 9.17) is 21.1 Å². The summed E-state index contributed by atoms with van der Waals surface area (Å²) in [4.78, 5) is 12.3. The summed E-state index contributed by atoms with van der Waals surface area (Å²) in [6.45, 7) is 0.233. The summed E-state index contributed by atoms with van der Waals surface area (Å²) in [7, 11) is 1.60. The molecule has 3 rings (SSSR count). The van der Waals surface area contributed by atoms with Crippen molar-refractivity contribution in [1.29, 1.82) is 0 Å². The fraction of sp³-hybridized carbons (Fsp3) is 0.118. The Hall–Kier alpha value is -2.46. The first-order chi connectivity index (χ1) is 10.7. The summed E-state index contributed by atoms with van der Waals surface area (Å²) < 4.78 is 10.7. The van der Waals surface area contributed by atoms with Crippen LogP contribution in [-0.4, -0.2) is 19.6 Å². The lowest BCUT2D eigenvalue weighted by Crippen LogP contribution is -2.21. The van der Waals surface area contributed by atoms with E-state index in [2.05, 4.69) is 5.32 Å². The zero-order valence-corrected chi connectivity index (χ0v) is 12.7. The smallest absolute Gasteiger partial charge is 0.255 e. The molecule has 4 nitrogen and oxygen atoms in total. The molecule has 0 aliphatic carbocycles. The van der Waals surface area contributed by atoms with E-state index < -0.39 is 0 Å². The monoisotopic (exact) mass is 315 g/mol. The second kappa shape index (κ2) is 6.12. The van der Waals surface area contributed by atoms with Crippen LogP contribution in [-0.2, 0) is 4.79 Å². The number of methoxy groups -OCH3 is 1. The van der Waals surface area contributed by atoms with Gasteiger partial charge in [0.05, 0.1) is 12.7 Å². The lowest BCUT2D eigenvalue weighted by molar-refractivity contribution is -0.113. The Morgan fingerprint density at radius 1 is 1.23 bits per heavy atom. The van der Waals surface area contributed by atoms with E-state index >= 15 is 0 Å². The molecule has 1 aliphatic rings. The van der Waals surface area contributed by atoms with Crippen LogP contribution in [0.1, 0.15) is 5.56 Å². The standard InChI is InChI=1S/C17H14ClNO3/c1-21-15-5-3-14(4-6-15)19-17(20)12-8-11-9-13(18)2-7-16(11)22-10-12/h2-9H,10H2,1H3,(H,19,20). The Labute approximate surface area is 133 Å². The van der Waals surface area contributed by atoms with E-state index in [9.17, 15) is 4.79 Å². The molecule has 0 radical (unpaired) electrons. The van der Waals surface area contributed by atoms with Crippen LogP contribution in [0.25, 0.3) is 6.08 Å². The van der Waals surface area contributed by atoms with E-state index in [0.717, 1.165) is 17.1 Å². The number of hydrogen-bond acceptors (Lipinski definition) is 3. The maximum atomic E-state index is 12.3. The van der Waals surface area contributed by atoms with Crippen LogP contribution in [0.4, 0.5) is 5.69 Å². The van der Waals surface area contributed by atoms with Gasteiger partial charge in [-0.3, -0.25) is 4.79 Å². The van der Waals surface area contributed by atoms with Crippen molar-refractivity contribution in [2.45, 2.75) is 0 Å². The van der Waals surface area contributed by atoms with Crippen LogP contribution in [0.3, 0.4) is 0 Å². The van der Waals surface area contributed by atoms with E-state index in [1.807, 2.05) is 0 Å². The van der Waals surface area contributed by atoms with Gasteiger partial charge in [0, 0.05) is 16.3 Å². The zero-order valence-electron chi connectivity index (χ0n) is 11.9. The number of amides is 1. The molecule has 1 amide bonds. The Balaban J connectivity index is 1.77. The van der Waals surface area contributed by atoms with E-state index in [-0.39, 0.29) is 12.5 Å². The van der Waals surface area contributed by atoms with Crippen LogP contribution in [0, 0.1) is 0 Å². The van der Waals surface area contributed by atoms with Gasteiger partial charge in [-0.2, -0.15) is 0 Å². The molecule has 5 heteroatoms. The Morgan fingerprint density at radius 3 is 2.73 bits per heavy atom. The van der Waals surface area contributed by atoms with E-state index in [0.29, 0.717) is 16.3 Å². The quantitative estimate of drug-likeness (QED) is 0.938. The number of ether oxygens (including phenoxy) is 2. The fourth-order valence-corrected chi connectivity index (χ4v) is 2.35. The molecular formula is C17H14ClNO3. The second-order valence-electron chi connectivity index (χ2n) is 4.82. The van der Waals surface area contributed by atoms with E-state index in [1.165, 1.54) is 0 Å². The minimum Gasteiger partial charge on any atom is -0.497 e. The minimum absolute atomic E-state index is 0.198. The summed E-state index contributed by atoms with van der Waals surface area (Å²) in [6.07, 6.45) is 1.80. The average Bonchev–Trinajstić information content (AvgIpc) is 2.54. The summed E-state index contributed by atoms with van der Waals surface area (Å²) >= 11 is 5.97. The number of benzene rings is 2. The molecule has 0 bridgehead atoms. The summed E-state index contributed by atoms with van der Waals surface area (Å²) in [5.74, 6) is 1.27. The predicted octanol–water partition coefficient (Wildman–Crippen LogP) is 3.76. The summed E-state index contributed by atoms with van der Waals surface area (Å²) in [5.41, 5.74) is 2.05. The second-order valence-corrected chi connectivity index (χ2v) is 5.26. The topological polar surface area (TPSA) is 47.6 Å². The van der Waals surface area contributed by atoms with Crippen molar-refractivity contribution >= 4 is 29.3 Å². The van der Waals surface area contributed by atoms with Crippen LogP contribution in [0.2, 0.25) is 5.02 Å². The van der Waals surface area contributed by atoms with Crippen LogP contribution in [0.15, 0.2) is 48.0 Å². The molecular weight excluding hydrogens is 302 g/mol. The van der Waals surface area contributed by atoms with Gasteiger partial charge in [0.25, 0.3) is 5.91 Å². The van der Waals surface area contributed by atoms with Crippen LogP contribution >= 0.6 is 11.6 Å². The Kier molecular flexibility index (Phi) is 4.02. The van der Waals surface area contributed by atoms with Gasteiger partial charge in [-0.1, -0.05) is 11.6 Å². The molecule has 2 aromatic rings. The average molecular weight is 316 g/mol. The largest absolute Gasteiger partial charge is 0.497 e. The van der Waals surface area contributed by atoms with Crippen molar-refractivity contribution in [3.05, 3.63) is 58.6 Å². The van der Waals surface area contributed by atoms with Gasteiger partial charge < -0.3 is 14.8 Å². The highest BCUT2D eigenvalue weighted by atomic mass is 35.5. The first kappa shape index (κ1) is 14.5. The maximum Gasteiger partial charge on any atom is 0.255 e. The van der Waals surface area contributed by atoms with Crippen molar-refractivity contribution in [2.75, 3.05) is 19.0 Å². The molecule has 0 fully saturated rings. The molecule has 1 aliphatic heterocycles. The number of carbonyl (C=O) groups excluding carboxylic acids is 1. The predicted molar refractivity (Wildman–Crippen MR) is 86.5 cm³/mol. The van der Waals surface area contributed by atoms with Gasteiger partial charge >= 0.3 is 0 Å². The molecule has 1 N–H and O–H groups in total. The van der Waals surface area contributed by atoms with Crippen molar-refractivity contribution in [2.24, 2.45) is 0 Å². The number of halogens is 1. The van der Waals surface area contributed by atoms with Gasteiger partial charge in [0.2, 0.25) is 0 Å². The lowest BCUT2D eigenvalue weighted by Gasteiger charge is -2.18. The van der Waals surface area contributed by atoms with Gasteiger partial charge in [-0.15, -0.1) is 0 Å².